The van der Waals surface area contributed by atoms with E-state index in [4.69, 9.17) is 17.4 Å². The maximum absolute atomic E-state index is 13.7. The van der Waals surface area contributed by atoms with E-state index in [1.54, 1.807) is 12.1 Å². The van der Waals surface area contributed by atoms with Gasteiger partial charge < -0.3 is 0 Å². The molecule has 0 aliphatic rings. The largest absolute Gasteiger partial charge is 0.271 e. The van der Waals surface area contributed by atoms with Gasteiger partial charge in [0, 0.05) is 15.6 Å². The second kappa shape index (κ2) is 6.63. The lowest BCUT2D eigenvalue weighted by Crippen LogP contribution is -2.30. The van der Waals surface area contributed by atoms with Gasteiger partial charge >= 0.3 is 0 Å². The molecule has 0 saturated heterocycles. The Morgan fingerprint density at radius 3 is 2.60 bits per heavy atom. The van der Waals surface area contributed by atoms with Crippen LogP contribution in [0.2, 0.25) is 5.02 Å². The lowest BCUT2D eigenvalue weighted by Gasteiger charge is -2.18. The zero-order chi connectivity index (χ0) is 14.7. The Morgan fingerprint density at radius 2 is 1.95 bits per heavy atom. The number of nitrogens with one attached hydrogen (secondary N) is 1. The first-order chi connectivity index (χ1) is 9.51. The van der Waals surface area contributed by atoms with Crippen LogP contribution in [0.3, 0.4) is 0 Å². The topological polar surface area (TPSA) is 38.0 Å². The van der Waals surface area contributed by atoms with Gasteiger partial charge in [-0.3, -0.25) is 11.3 Å². The number of hydrogen-bond donors (Lipinski definition) is 2. The van der Waals surface area contributed by atoms with E-state index in [1.807, 2.05) is 6.07 Å². The van der Waals surface area contributed by atoms with Crippen molar-refractivity contribution in [2.75, 3.05) is 0 Å². The van der Waals surface area contributed by atoms with Crippen LogP contribution < -0.4 is 11.3 Å². The van der Waals surface area contributed by atoms with Crippen LogP contribution in [-0.2, 0) is 6.42 Å². The molecule has 1 unspecified atom stereocenters. The molecule has 0 bridgehead atoms. The zero-order valence-corrected chi connectivity index (χ0v) is 12.7. The lowest BCUT2D eigenvalue weighted by molar-refractivity contribution is 0.522. The summed E-state index contributed by atoms with van der Waals surface area (Å²) in [6.45, 7) is 0. The molecule has 2 nitrogen and oxygen atoms in total. The molecule has 6 heteroatoms. The van der Waals surface area contributed by atoms with Gasteiger partial charge in [-0.1, -0.05) is 33.6 Å². The minimum Gasteiger partial charge on any atom is -0.271 e. The molecule has 0 heterocycles. The van der Waals surface area contributed by atoms with Gasteiger partial charge in [-0.2, -0.15) is 0 Å². The third-order valence-corrected chi connectivity index (χ3v) is 3.81. The summed E-state index contributed by atoms with van der Waals surface area (Å²) in [4.78, 5) is 0. The molecule has 0 aliphatic carbocycles. The Hall–Kier alpha value is -1.01. The highest BCUT2D eigenvalue weighted by atomic mass is 79.9. The molecule has 2 aromatic rings. The summed E-state index contributed by atoms with van der Waals surface area (Å²) in [5.74, 6) is 4.32. The van der Waals surface area contributed by atoms with Crippen molar-refractivity contribution in [2.45, 2.75) is 12.5 Å². The van der Waals surface area contributed by atoms with E-state index in [1.165, 1.54) is 12.1 Å². The Bertz CT molecular complexity index is 622. The van der Waals surface area contributed by atoms with Crippen molar-refractivity contribution in [3.63, 3.8) is 0 Å². The second-order valence-corrected chi connectivity index (χ2v) is 5.65. The molecule has 20 heavy (non-hydrogen) atoms. The van der Waals surface area contributed by atoms with Crippen molar-refractivity contribution in [2.24, 2.45) is 5.84 Å². The summed E-state index contributed by atoms with van der Waals surface area (Å²) in [7, 11) is 0. The van der Waals surface area contributed by atoms with E-state index >= 15 is 0 Å². The highest BCUT2D eigenvalue weighted by Gasteiger charge is 2.16. The molecule has 0 aromatic heterocycles. The average molecular weight is 362 g/mol. The molecular weight excluding hydrogens is 350 g/mol. The summed E-state index contributed by atoms with van der Waals surface area (Å²) >= 11 is 9.48. The molecule has 2 aromatic carbocycles. The van der Waals surface area contributed by atoms with E-state index in [-0.39, 0.29) is 12.5 Å². The van der Waals surface area contributed by atoms with Crippen molar-refractivity contribution < 1.29 is 8.78 Å². The minimum atomic E-state index is -0.607. The van der Waals surface area contributed by atoms with E-state index in [0.717, 1.165) is 16.1 Å². The number of nitrogens with two attached hydrogens (primary N) is 1. The molecule has 2 rings (SSSR count). The summed E-state index contributed by atoms with van der Waals surface area (Å²) in [6, 6.07) is 8.44. The standard InChI is InChI=1S/C14H12BrClF2N2/c15-9-2-4-12(16)11(6-9)14(20-19)5-8-1-3-10(17)7-13(8)18/h1-4,6-7,14,20H,5,19H2. The van der Waals surface area contributed by atoms with Gasteiger partial charge in [0.1, 0.15) is 11.6 Å². The maximum atomic E-state index is 13.7. The van der Waals surface area contributed by atoms with Gasteiger partial charge in [0.15, 0.2) is 0 Å². The van der Waals surface area contributed by atoms with Gasteiger partial charge in [0.05, 0.1) is 6.04 Å². The third-order valence-electron chi connectivity index (χ3n) is 2.97. The average Bonchev–Trinajstić information content (AvgIpc) is 2.41. The van der Waals surface area contributed by atoms with Gasteiger partial charge in [-0.05, 0) is 41.8 Å². The predicted molar refractivity (Wildman–Crippen MR) is 79.3 cm³/mol. The Balaban J connectivity index is 2.31. The molecule has 0 fully saturated rings. The van der Waals surface area contributed by atoms with Crippen LogP contribution in [0.25, 0.3) is 0 Å². The molecule has 0 radical (unpaired) electrons. The Labute approximate surface area is 129 Å². The quantitative estimate of drug-likeness (QED) is 0.635. The highest BCUT2D eigenvalue weighted by Crippen LogP contribution is 2.29. The van der Waals surface area contributed by atoms with E-state index in [2.05, 4.69) is 21.4 Å². The van der Waals surface area contributed by atoms with Crippen molar-refractivity contribution in [3.8, 4) is 0 Å². The maximum Gasteiger partial charge on any atom is 0.129 e. The fraction of sp³-hybridized carbons (Fsp3) is 0.143. The zero-order valence-electron chi connectivity index (χ0n) is 10.3. The van der Waals surface area contributed by atoms with Crippen molar-refractivity contribution in [3.05, 3.63) is 68.7 Å². The molecule has 3 N–H and O–H groups in total. The SMILES string of the molecule is NNC(Cc1ccc(F)cc1F)c1cc(Br)ccc1Cl. The molecule has 1 atom stereocenters. The summed E-state index contributed by atoms with van der Waals surface area (Å²) in [5, 5.41) is 0.527. The molecular formula is C14H12BrClF2N2. The molecule has 106 valence electrons. The third kappa shape index (κ3) is 3.55. The van der Waals surface area contributed by atoms with Gasteiger partial charge in [0.2, 0.25) is 0 Å². The summed E-state index contributed by atoms with van der Waals surface area (Å²) in [5.41, 5.74) is 3.72. The van der Waals surface area contributed by atoms with E-state index in [0.29, 0.717) is 10.6 Å². The predicted octanol–water partition coefficient (Wildman–Crippen LogP) is 4.13. The van der Waals surface area contributed by atoms with Crippen molar-refractivity contribution in [1.29, 1.82) is 0 Å². The van der Waals surface area contributed by atoms with Crippen molar-refractivity contribution in [1.82, 2.24) is 5.43 Å². The second-order valence-electron chi connectivity index (χ2n) is 4.32. The van der Waals surface area contributed by atoms with Gasteiger partial charge in [0.25, 0.3) is 0 Å². The van der Waals surface area contributed by atoms with Crippen LogP contribution in [0.4, 0.5) is 8.78 Å². The minimum absolute atomic E-state index is 0.263. The summed E-state index contributed by atoms with van der Waals surface area (Å²) < 4.78 is 27.4. The Kier molecular flexibility index (Phi) is 5.10. The van der Waals surface area contributed by atoms with Crippen LogP contribution in [0.1, 0.15) is 17.2 Å². The van der Waals surface area contributed by atoms with Crippen LogP contribution in [-0.4, -0.2) is 0 Å². The van der Waals surface area contributed by atoms with Crippen LogP contribution in [0.5, 0.6) is 0 Å². The first-order valence-electron chi connectivity index (χ1n) is 5.86. The van der Waals surface area contributed by atoms with Crippen LogP contribution in [0, 0.1) is 11.6 Å². The molecule has 0 aliphatic heterocycles. The normalized spacial score (nSPS) is 12.4. The first-order valence-corrected chi connectivity index (χ1v) is 7.03. The number of halogens is 4. The molecule has 0 spiro atoms. The summed E-state index contributed by atoms with van der Waals surface area (Å²) in [6.07, 6.45) is 0.263. The highest BCUT2D eigenvalue weighted by molar-refractivity contribution is 9.10. The van der Waals surface area contributed by atoms with Crippen molar-refractivity contribution >= 4 is 27.5 Å². The Morgan fingerprint density at radius 1 is 1.20 bits per heavy atom. The van der Waals surface area contributed by atoms with Gasteiger partial charge in [-0.15, -0.1) is 0 Å². The van der Waals surface area contributed by atoms with Gasteiger partial charge in [-0.25, -0.2) is 8.78 Å². The van der Waals surface area contributed by atoms with Crippen LogP contribution >= 0.6 is 27.5 Å². The lowest BCUT2D eigenvalue weighted by atomic mass is 9.99. The molecule has 0 saturated carbocycles. The van der Waals surface area contributed by atoms with E-state index < -0.39 is 11.6 Å². The number of rotatable bonds is 4. The number of benzene rings is 2. The number of hydrogen-bond acceptors (Lipinski definition) is 2. The van der Waals surface area contributed by atoms with Crippen LogP contribution in [0.15, 0.2) is 40.9 Å². The smallest absolute Gasteiger partial charge is 0.129 e. The fourth-order valence-electron chi connectivity index (χ4n) is 1.95. The monoisotopic (exact) mass is 360 g/mol. The molecule has 0 amide bonds. The first kappa shape index (κ1) is 15.4. The number of hydrazine groups is 1. The fourth-order valence-corrected chi connectivity index (χ4v) is 2.58. The van der Waals surface area contributed by atoms with E-state index in [9.17, 15) is 8.78 Å².